The molecule has 0 radical (unpaired) electrons. The highest BCUT2D eigenvalue weighted by atomic mass is 32.1. The van der Waals surface area contributed by atoms with Crippen molar-refractivity contribution in [2.45, 2.75) is 32.6 Å². The Hall–Kier alpha value is -0.640. The molecular weight excluding hydrogens is 170 g/mol. The van der Waals surface area contributed by atoms with Crippen LogP contribution < -0.4 is 11.2 Å². The molecule has 3 N–H and O–H groups in total. The molecule has 0 aromatic heterocycles. The van der Waals surface area contributed by atoms with Gasteiger partial charge in [-0.05, 0) is 37.4 Å². The first-order valence-electron chi connectivity index (χ1n) is 4.32. The Labute approximate surface area is 78.4 Å². The molecule has 4 heteroatoms. The highest BCUT2D eigenvalue weighted by molar-refractivity contribution is 7.80. The summed E-state index contributed by atoms with van der Waals surface area (Å²) in [5, 5.41) is 4.41. The lowest BCUT2D eigenvalue weighted by atomic mass is 9.89. The number of hydrogen-bond acceptors (Lipinski definition) is 2. The summed E-state index contributed by atoms with van der Waals surface area (Å²) in [4.78, 5) is 0. The predicted molar refractivity (Wildman–Crippen MR) is 55.0 cm³/mol. The third kappa shape index (κ3) is 2.77. The molecule has 0 saturated heterocycles. The van der Waals surface area contributed by atoms with Crippen LogP contribution in [0, 0.1) is 5.92 Å². The minimum atomic E-state index is 0.250. The maximum atomic E-state index is 5.27. The van der Waals surface area contributed by atoms with E-state index in [2.05, 4.69) is 29.7 Å². The number of nitrogens with one attached hydrogen (secondary N) is 1. The molecule has 68 valence electrons. The van der Waals surface area contributed by atoms with Crippen molar-refractivity contribution in [3.8, 4) is 0 Å². The zero-order chi connectivity index (χ0) is 8.97. The van der Waals surface area contributed by atoms with Crippen molar-refractivity contribution in [2.24, 2.45) is 16.8 Å². The molecule has 1 saturated carbocycles. The van der Waals surface area contributed by atoms with Crippen molar-refractivity contribution in [1.29, 1.82) is 0 Å². The molecule has 1 fully saturated rings. The molecule has 1 aliphatic rings. The standard InChI is InChI=1S/C8H15N3S/c1-6-4-2-3-5-7(6)10-11-8(9)12/h6H,2-5H2,1H3,(H3,9,11,12)/b10-7-. The maximum Gasteiger partial charge on any atom is 0.184 e. The van der Waals surface area contributed by atoms with Gasteiger partial charge in [-0.2, -0.15) is 5.10 Å². The lowest BCUT2D eigenvalue weighted by Gasteiger charge is -2.19. The fourth-order valence-corrected chi connectivity index (χ4v) is 1.51. The maximum absolute atomic E-state index is 5.27. The van der Waals surface area contributed by atoms with Gasteiger partial charge in [0.2, 0.25) is 0 Å². The number of nitrogens with zero attached hydrogens (tertiary/aromatic N) is 1. The lowest BCUT2D eigenvalue weighted by Crippen LogP contribution is -2.28. The van der Waals surface area contributed by atoms with Crippen molar-refractivity contribution in [2.75, 3.05) is 0 Å². The molecule has 3 nitrogen and oxygen atoms in total. The van der Waals surface area contributed by atoms with Gasteiger partial charge in [0.25, 0.3) is 0 Å². The monoisotopic (exact) mass is 185 g/mol. The van der Waals surface area contributed by atoms with Gasteiger partial charge in [-0.3, -0.25) is 5.43 Å². The van der Waals surface area contributed by atoms with Crippen molar-refractivity contribution in [3.63, 3.8) is 0 Å². The molecule has 0 heterocycles. The van der Waals surface area contributed by atoms with Crippen LogP contribution >= 0.6 is 12.2 Å². The summed E-state index contributed by atoms with van der Waals surface area (Å²) in [6, 6.07) is 0. The molecule has 0 aliphatic heterocycles. The number of nitrogens with two attached hydrogens (primary N) is 1. The first-order chi connectivity index (χ1) is 5.70. The summed E-state index contributed by atoms with van der Waals surface area (Å²) in [6.45, 7) is 2.19. The Bertz CT molecular complexity index is 200. The second-order valence-electron chi connectivity index (χ2n) is 3.23. The van der Waals surface area contributed by atoms with E-state index in [1.807, 2.05) is 0 Å². The van der Waals surface area contributed by atoms with Crippen LogP contribution in [0.5, 0.6) is 0 Å². The molecule has 1 unspecified atom stereocenters. The Kier molecular flexibility index (Phi) is 3.47. The van der Waals surface area contributed by atoms with Gasteiger partial charge in [0.15, 0.2) is 5.11 Å². The normalized spacial score (nSPS) is 27.1. The predicted octanol–water partition coefficient (Wildman–Crippen LogP) is 1.39. The van der Waals surface area contributed by atoms with Crippen LogP contribution in [0.2, 0.25) is 0 Å². The smallest absolute Gasteiger partial charge is 0.184 e. The fraction of sp³-hybridized carbons (Fsp3) is 0.750. The summed E-state index contributed by atoms with van der Waals surface area (Å²) in [7, 11) is 0. The molecule has 0 spiro atoms. The van der Waals surface area contributed by atoms with E-state index in [1.54, 1.807) is 0 Å². The second kappa shape index (κ2) is 4.40. The highest BCUT2D eigenvalue weighted by Gasteiger charge is 2.15. The van der Waals surface area contributed by atoms with Gasteiger partial charge >= 0.3 is 0 Å². The van der Waals surface area contributed by atoms with Gasteiger partial charge in [-0.15, -0.1) is 0 Å². The average molecular weight is 185 g/mol. The summed E-state index contributed by atoms with van der Waals surface area (Å²) < 4.78 is 0. The Morgan fingerprint density at radius 1 is 1.67 bits per heavy atom. The second-order valence-corrected chi connectivity index (χ2v) is 3.67. The Morgan fingerprint density at radius 3 is 3.00 bits per heavy atom. The van der Waals surface area contributed by atoms with Crippen molar-refractivity contribution < 1.29 is 0 Å². The zero-order valence-electron chi connectivity index (χ0n) is 7.34. The SMILES string of the molecule is CC1CCCC/C1=N/NC(N)=S. The third-order valence-electron chi connectivity index (χ3n) is 2.20. The number of rotatable bonds is 1. The van der Waals surface area contributed by atoms with Crippen molar-refractivity contribution in [3.05, 3.63) is 0 Å². The van der Waals surface area contributed by atoms with Crippen LogP contribution in [-0.4, -0.2) is 10.8 Å². The molecule has 1 atom stereocenters. The van der Waals surface area contributed by atoms with E-state index in [1.165, 1.54) is 25.0 Å². The topological polar surface area (TPSA) is 50.4 Å². The molecule has 1 aliphatic carbocycles. The summed E-state index contributed by atoms with van der Waals surface area (Å²) in [5.41, 5.74) is 9.11. The van der Waals surface area contributed by atoms with E-state index in [4.69, 9.17) is 5.73 Å². The summed E-state index contributed by atoms with van der Waals surface area (Å²) in [6.07, 6.45) is 4.87. The lowest BCUT2D eigenvalue weighted by molar-refractivity contribution is 0.555. The van der Waals surface area contributed by atoms with Crippen LogP contribution in [0.15, 0.2) is 5.10 Å². The van der Waals surface area contributed by atoms with Crippen molar-refractivity contribution >= 4 is 23.0 Å². The molecule has 12 heavy (non-hydrogen) atoms. The van der Waals surface area contributed by atoms with Crippen LogP contribution in [0.4, 0.5) is 0 Å². The largest absolute Gasteiger partial charge is 0.375 e. The van der Waals surface area contributed by atoms with Gasteiger partial charge < -0.3 is 5.73 Å². The Balaban J connectivity index is 2.47. The van der Waals surface area contributed by atoms with E-state index in [9.17, 15) is 0 Å². The number of thiocarbonyl (C=S) groups is 1. The summed E-state index contributed by atoms with van der Waals surface area (Å²) in [5.74, 6) is 0.584. The van der Waals surface area contributed by atoms with Crippen molar-refractivity contribution in [1.82, 2.24) is 5.43 Å². The van der Waals surface area contributed by atoms with E-state index < -0.39 is 0 Å². The first-order valence-corrected chi connectivity index (χ1v) is 4.73. The highest BCUT2D eigenvalue weighted by Crippen LogP contribution is 2.20. The molecule has 0 bridgehead atoms. The van der Waals surface area contributed by atoms with Gasteiger partial charge in [-0.25, -0.2) is 0 Å². The Morgan fingerprint density at radius 2 is 2.42 bits per heavy atom. The first kappa shape index (κ1) is 9.45. The van der Waals surface area contributed by atoms with Crippen LogP contribution in [-0.2, 0) is 0 Å². The quantitative estimate of drug-likeness (QED) is 0.479. The molecule has 0 amide bonds. The third-order valence-corrected chi connectivity index (χ3v) is 2.29. The number of hydrogen-bond donors (Lipinski definition) is 2. The fourth-order valence-electron chi connectivity index (χ4n) is 1.46. The molecule has 0 aromatic rings. The number of hydrazone groups is 1. The molecule has 1 rings (SSSR count). The van der Waals surface area contributed by atoms with Crippen LogP contribution in [0.1, 0.15) is 32.6 Å². The van der Waals surface area contributed by atoms with E-state index in [-0.39, 0.29) is 5.11 Å². The average Bonchev–Trinajstić information content (AvgIpc) is 2.03. The minimum Gasteiger partial charge on any atom is -0.375 e. The van der Waals surface area contributed by atoms with Gasteiger partial charge in [-0.1, -0.05) is 13.3 Å². The van der Waals surface area contributed by atoms with Gasteiger partial charge in [0.05, 0.1) is 0 Å². The van der Waals surface area contributed by atoms with Gasteiger partial charge in [0, 0.05) is 5.71 Å². The summed E-state index contributed by atoms with van der Waals surface area (Å²) >= 11 is 4.66. The molecule has 0 aromatic carbocycles. The molecular formula is C8H15N3S. The van der Waals surface area contributed by atoms with E-state index in [0.717, 1.165) is 6.42 Å². The van der Waals surface area contributed by atoms with E-state index in [0.29, 0.717) is 5.92 Å². The van der Waals surface area contributed by atoms with Crippen LogP contribution in [0.3, 0.4) is 0 Å². The van der Waals surface area contributed by atoms with Crippen LogP contribution in [0.25, 0.3) is 0 Å². The van der Waals surface area contributed by atoms with Gasteiger partial charge in [0.1, 0.15) is 0 Å². The van der Waals surface area contributed by atoms with E-state index >= 15 is 0 Å². The zero-order valence-corrected chi connectivity index (χ0v) is 8.16. The minimum absolute atomic E-state index is 0.250.